The fraction of sp³-hybridized carbons (Fsp3) is 0.500. The molecule has 1 fully saturated rings. The maximum absolute atomic E-state index is 12.4. The lowest BCUT2D eigenvalue weighted by Crippen LogP contribution is -2.54. The molecule has 0 amide bonds. The highest BCUT2D eigenvalue weighted by Gasteiger charge is 2.34. The molecular weight excluding hydrogens is 442 g/mol. The lowest BCUT2D eigenvalue weighted by atomic mass is 10.0. The van der Waals surface area contributed by atoms with E-state index in [0.29, 0.717) is 25.9 Å². The van der Waals surface area contributed by atoms with Gasteiger partial charge in [-0.3, -0.25) is 19.4 Å². The first-order valence-electron chi connectivity index (χ1n) is 12.4. The molecular formula is C28H39N3O4. The Hall–Kier alpha value is -2.74. The summed E-state index contributed by atoms with van der Waals surface area (Å²) in [6.45, 7) is 9.55. The second-order valence-electron chi connectivity index (χ2n) is 9.99. The zero-order valence-corrected chi connectivity index (χ0v) is 21.2. The van der Waals surface area contributed by atoms with E-state index in [9.17, 15) is 9.59 Å². The molecule has 2 aromatic rings. The SMILES string of the molecule is CC(CC(=O)OCc1ccccc1)N1CCN(C(C)CC(=O)OCc2ccccc2)CC(C)(N)C1. The maximum atomic E-state index is 12.4. The topological polar surface area (TPSA) is 85.1 Å². The van der Waals surface area contributed by atoms with Gasteiger partial charge in [-0.05, 0) is 31.9 Å². The van der Waals surface area contributed by atoms with E-state index in [1.54, 1.807) is 0 Å². The molecule has 1 aliphatic rings. The number of esters is 2. The highest BCUT2D eigenvalue weighted by Crippen LogP contribution is 2.19. The average Bonchev–Trinajstić information content (AvgIpc) is 3.01. The van der Waals surface area contributed by atoms with Crippen molar-refractivity contribution in [1.29, 1.82) is 0 Å². The minimum Gasteiger partial charge on any atom is -0.461 e. The molecule has 2 unspecified atom stereocenters. The lowest BCUT2D eigenvalue weighted by molar-refractivity contribution is -0.147. The first-order valence-corrected chi connectivity index (χ1v) is 12.4. The number of carbonyl (C=O) groups excluding carboxylic acids is 2. The van der Waals surface area contributed by atoms with Crippen LogP contribution in [0, 0.1) is 0 Å². The summed E-state index contributed by atoms with van der Waals surface area (Å²) in [5.41, 5.74) is 8.13. The smallest absolute Gasteiger partial charge is 0.307 e. The van der Waals surface area contributed by atoms with Gasteiger partial charge in [0.25, 0.3) is 0 Å². The Labute approximate surface area is 209 Å². The summed E-state index contributed by atoms with van der Waals surface area (Å²) >= 11 is 0. The molecule has 2 aromatic carbocycles. The number of benzene rings is 2. The molecule has 7 heteroatoms. The van der Waals surface area contributed by atoms with Gasteiger partial charge in [-0.1, -0.05) is 60.7 Å². The van der Waals surface area contributed by atoms with Gasteiger partial charge >= 0.3 is 11.9 Å². The van der Waals surface area contributed by atoms with Crippen molar-refractivity contribution in [2.24, 2.45) is 5.73 Å². The maximum Gasteiger partial charge on any atom is 0.307 e. The van der Waals surface area contributed by atoms with Crippen LogP contribution in [0.3, 0.4) is 0 Å². The normalized spacial score (nSPS) is 21.0. The van der Waals surface area contributed by atoms with E-state index in [1.807, 2.05) is 81.4 Å². The number of ether oxygens (including phenoxy) is 2. The third-order valence-corrected chi connectivity index (χ3v) is 6.46. The number of carbonyl (C=O) groups is 2. The van der Waals surface area contributed by atoms with Crippen molar-refractivity contribution >= 4 is 11.9 Å². The fourth-order valence-corrected chi connectivity index (χ4v) is 4.48. The Kier molecular flexibility index (Phi) is 9.83. The van der Waals surface area contributed by atoms with Gasteiger partial charge in [0.2, 0.25) is 0 Å². The molecule has 35 heavy (non-hydrogen) atoms. The van der Waals surface area contributed by atoms with Crippen molar-refractivity contribution in [3.05, 3.63) is 71.8 Å². The standard InChI is InChI=1S/C28H39N3O4/c1-22(16-26(32)34-18-24-10-6-4-7-11-24)30-14-15-31(21-28(3,29)20-30)23(2)17-27(33)35-19-25-12-8-5-9-13-25/h4-13,22-23H,14-21,29H2,1-3H3. The Morgan fingerprint density at radius 3 is 1.54 bits per heavy atom. The van der Waals surface area contributed by atoms with Crippen LogP contribution in [0.2, 0.25) is 0 Å². The van der Waals surface area contributed by atoms with E-state index >= 15 is 0 Å². The number of rotatable bonds is 10. The van der Waals surface area contributed by atoms with Gasteiger partial charge in [-0.15, -0.1) is 0 Å². The van der Waals surface area contributed by atoms with Gasteiger partial charge in [0.1, 0.15) is 13.2 Å². The first-order chi connectivity index (χ1) is 16.7. The van der Waals surface area contributed by atoms with Crippen molar-refractivity contribution in [2.45, 2.75) is 64.4 Å². The number of nitrogens with zero attached hydrogens (tertiary/aromatic N) is 2. The quantitative estimate of drug-likeness (QED) is 0.521. The van der Waals surface area contributed by atoms with Crippen molar-refractivity contribution in [3.63, 3.8) is 0 Å². The van der Waals surface area contributed by atoms with Crippen LogP contribution in [0.4, 0.5) is 0 Å². The summed E-state index contributed by atoms with van der Waals surface area (Å²) in [5, 5.41) is 0. The summed E-state index contributed by atoms with van der Waals surface area (Å²) in [4.78, 5) is 29.4. The largest absolute Gasteiger partial charge is 0.461 e. The van der Waals surface area contributed by atoms with Crippen LogP contribution in [-0.4, -0.2) is 65.5 Å². The van der Waals surface area contributed by atoms with Crippen molar-refractivity contribution in [1.82, 2.24) is 9.80 Å². The summed E-state index contributed by atoms with van der Waals surface area (Å²) in [7, 11) is 0. The van der Waals surface area contributed by atoms with Crippen molar-refractivity contribution in [3.8, 4) is 0 Å². The lowest BCUT2D eigenvalue weighted by Gasteiger charge is -2.34. The molecule has 0 spiro atoms. The third-order valence-electron chi connectivity index (χ3n) is 6.46. The second-order valence-corrected chi connectivity index (χ2v) is 9.99. The number of nitrogens with two attached hydrogens (primary N) is 1. The molecule has 0 aliphatic carbocycles. The van der Waals surface area contributed by atoms with Gasteiger partial charge in [0.15, 0.2) is 0 Å². The Morgan fingerprint density at radius 1 is 0.800 bits per heavy atom. The molecule has 0 bridgehead atoms. The number of hydrogen-bond donors (Lipinski definition) is 1. The minimum absolute atomic E-state index is 0.00671. The summed E-state index contributed by atoms with van der Waals surface area (Å²) in [5.74, 6) is -0.425. The van der Waals surface area contributed by atoms with E-state index in [1.165, 1.54) is 0 Å². The molecule has 0 saturated carbocycles. The zero-order chi connectivity index (χ0) is 25.3. The van der Waals surface area contributed by atoms with E-state index in [4.69, 9.17) is 15.2 Å². The Balaban J connectivity index is 1.47. The van der Waals surface area contributed by atoms with Crippen LogP contribution in [0.1, 0.15) is 44.7 Å². The van der Waals surface area contributed by atoms with Gasteiger partial charge in [0, 0.05) is 43.8 Å². The summed E-state index contributed by atoms with van der Waals surface area (Å²) in [6, 6.07) is 19.4. The van der Waals surface area contributed by atoms with E-state index < -0.39 is 5.54 Å². The van der Waals surface area contributed by atoms with Crippen LogP contribution in [0.5, 0.6) is 0 Å². The molecule has 1 saturated heterocycles. The highest BCUT2D eigenvalue weighted by molar-refractivity contribution is 5.70. The monoisotopic (exact) mass is 481 g/mol. The molecule has 3 rings (SSSR count). The zero-order valence-electron chi connectivity index (χ0n) is 21.2. The predicted molar refractivity (Wildman–Crippen MR) is 136 cm³/mol. The summed E-state index contributed by atoms with van der Waals surface area (Å²) < 4.78 is 10.9. The number of hydrogen-bond acceptors (Lipinski definition) is 7. The molecule has 0 aromatic heterocycles. The van der Waals surface area contributed by atoms with Crippen LogP contribution in [-0.2, 0) is 32.3 Å². The molecule has 1 aliphatic heterocycles. The summed E-state index contributed by atoms with van der Waals surface area (Å²) in [6.07, 6.45) is 0.620. The van der Waals surface area contributed by atoms with Crippen LogP contribution >= 0.6 is 0 Å². The molecule has 190 valence electrons. The predicted octanol–water partition coefficient (Wildman–Crippen LogP) is 3.37. The van der Waals surface area contributed by atoms with Crippen LogP contribution < -0.4 is 5.73 Å². The third kappa shape index (κ3) is 9.09. The molecule has 0 radical (unpaired) electrons. The molecule has 1 heterocycles. The van der Waals surface area contributed by atoms with Gasteiger partial charge < -0.3 is 15.2 Å². The van der Waals surface area contributed by atoms with E-state index in [0.717, 1.165) is 24.2 Å². The second kappa shape index (κ2) is 12.8. The Morgan fingerprint density at radius 2 is 1.17 bits per heavy atom. The molecule has 2 N–H and O–H groups in total. The van der Waals surface area contributed by atoms with Crippen LogP contribution in [0.25, 0.3) is 0 Å². The molecule has 2 atom stereocenters. The highest BCUT2D eigenvalue weighted by atomic mass is 16.5. The van der Waals surface area contributed by atoms with E-state index in [-0.39, 0.29) is 37.2 Å². The van der Waals surface area contributed by atoms with E-state index in [2.05, 4.69) is 9.80 Å². The average molecular weight is 482 g/mol. The Bertz CT molecular complexity index is 860. The van der Waals surface area contributed by atoms with Crippen molar-refractivity contribution in [2.75, 3.05) is 26.2 Å². The van der Waals surface area contributed by atoms with Gasteiger partial charge in [-0.2, -0.15) is 0 Å². The minimum atomic E-state index is -0.471. The first kappa shape index (κ1) is 26.9. The van der Waals surface area contributed by atoms with Crippen LogP contribution in [0.15, 0.2) is 60.7 Å². The van der Waals surface area contributed by atoms with Crippen molar-refractivity contribution < 1.29 is 19.1 Å². The van der Waals surface area contributed by atoms with Gasteiger partial charge in [-0.25, -0.2) is 0 Å². The fourth-order valence-electron chi connectivity index (χ4n) is 4.48. The van der Waals surface area contributed by atoms with Gasteiger partial charge in [0.05, 0.1) is 12.8 Å². The molecule has 7 nitrogen and oxygen atoms in total.